The van der Waals surface area contributed by atoms with Crippen LogP contribution in [0.25, 0.3) is 5.76 Å². The van der Waals surface area contributed by atoms with Gasteiger partial charge in [-0.15, -0.1) is 10.2 Å². The summed E-state index contributed by atoms with van der Waals surface area (Å²) in [6.45, 7) is 0. The van der Waals surface area contributed by atoms with Crippen molar-refractivity contribution in [3.8, 4) is 5.75 Å². The van der Waals surface area contributed by atoms with Crippen LogP contribution < -0.4 is 4.74 Å². The first kappa shape index (κ1) is 18.4. The average molecular weight is 382 g/mol. The molecule has 3 aromatic carbocycles. The lowest BCUT2D eigenvalue weighted by molar-refractivity contribution is -0.109. The highest BCUT2D eigenvalue weighted by atomic mass is 16.5. The van der Waals surface area contributed by atoms with E-state index in [4.69, 9.17) is 9.47 Å². The van der Waals surface area contributed by atoms with E-state index >= 15 is 0 Å². The number of ether oxygens (including phenoxy) is 2. The van der Waals surface area contributed by atoms with E-state index in [9.17, 15) is 4.79 Å². The maximum atomic E-state index is 12.3. The summed E-state index contributed by atoms with van der Waals surface area (Å²) in [6.07, 6.45) is 1.43. The molecule has 4 rings (SSSR count). The fourth-order valence-electron chi connectivity index (χ4n) is 2.90. The molecule has 1 heterocycles. The third kappa shape index (κ3) is 4.14. The molecule has 3 aromatic rings. The Morgan fingerprint density at radius 1 is 0.828 bits per heavy atom. The second-order valence-corrected chi connectivity index (χ2v) is 6.29. The van der Waals surface area contributed by atoms with Gasteiger partial charge in [-0.2, -0.15) is 0 Å². The van der Waals surface area contributed by atoms with Crippen LogP contribution in [0.5, 0.6) is 5.75 Å². The molecule has 0 bridgehead atoms. The van der Waals surface area contributed by atoms with Crippen LogP contribution in [0.3, 0.4) is 0 Å². The molecule has 5 heteroatoms. The molecule has 0 amide bonds. The summed E-state index contributed by atoms with van der Waals surface area (Å²) in [6, 6.07) is 26.6. The number of rotatable bonds is 5. The van der Waals surface area contributed by atoms with Gasteiger partial charge in [0.15, 0.2) is 0 Å². The van der Waals surface area contributed by atoms with Gasteiger partial charge in [0.2, 0.25) is 5.78 Å². The van der Waals surface area contributed by atoms with Crippen LogP contribution in [0.2, 0.25) is 0 Å². The van der Waals surface area contributed by atoms with Crippen molar-refractivity contribution in [1.29, 1.82) is 0 Å². The van der Waals surface area contributed by atoms with Gasteiger partial charge in [-0.1, -0.05) is 60.7 Å². The lowest BCUT2D eigenvalue weighted by Crippen LogP contribution is -2.08. The highest BCUT2D eigenvalue weighted by Crippen LogP contribution is 2.22. The van der Waals surface area contributed by atoms with Crippen LogP contribution in [0.1, 0.15) is 16.7 Å². The first-order chi connectivity index (χ1) is 14.2. The highest BCUT2D eigenvalue weighted by molar-refractivity contribution is 6.45. The van der Waals surface area contributed by atoms with E-state index in [0.717, 1.165) is 22.4 Å². The molecule has 29 heavy (non-hydrogen) atoms. The Hall–Kier alpha value is -3.99. The van der Waals surface area contributed by atoms with E-state index in [1.54, 1.807) is 7.11 Å². The molecule has 0 saturated heterocycles. The largest absolute Gasteiger partial charge is 0.497 e. The Labute approximate surface area is 168 Å². The molecule has 0 N–H and O–H groups in total. The minimum Gasteiger partial charge on any atom is -0.497 e. The SMILES string of the molecule is COc1ccc(C(=NN=C2OC(c3ccccc3)=CC2=O)c2ccccc2)cc1. The molecule has 1 aliphatic heterocycles. The van der Waals surface area contributed by atoms with E-state index in [1.807, 2.05) is 84.9 Å². The molecule has 5 nitrogen and oxygen atoms in total. The van der Waals surface area contributed by atoms with Gasteiger partial charge in [0.1, 0.15) is 17.2 Å². The zero-order valence-electron chi connectivity index (χ0n) is 15.8. The Kier molecular flexibility index (Phi) is 5.29. The maximum Gasteiger partial charge on any atom is 0.287 e. The van der Waals surface area contributed by atoms with Gasteiger partial charge < -0.3 is 9.47 Å². The van der Waals surface area contributed by atoms with Crippen molar-refractivity contribution in [2.24, 2.45) is 10.2 Å². The van der Waals surface area contributed by atoms with Crippen LogP contribution in [0.4, 0.5) is 0 Å². The second-order valence-electron chi connectivity index (χ2n) is 6.29. The molecule has 0 atom stereocenters. The van der Waals surface area contributed by atoms with Gasteiger partial charge in [0.05, 0.1) is 7.11 Å². The predicted octanol–water partition coefficient (Wildman–Crippen LogP) is 4.49. The normalized spacial score (nSPS) is 15.2. The topological polar surface area (TPSA) is 60.3 Å². The van der Waals surface area contributed by atoms with Crippen molar-refractivity contribution in [3.05, 3.63) is 108 Å². The van der Waals surface area contributed by atoms with Gasteiger partial charge in [0, 0.05) is 22.8 Å². The van der Waals surface area contributed by atoms with Crippen molar-refractivity contribution in [3.63, 3.8) is 0 Å². The first-order valence-electron chi connectivity index (χ1n) is 9.09. The Morgan fingerprint density at radius 2 is 1.45 bits per heavy atom. The number of carbonyl (C=O) groups excluding carboxylic acids is 1. The average Bonchev–Trinajstić information content (AvgIpc) is 3.16. The number of hydrogen-bond acceptors (Lipinski definition) is 5. The number of benzene rings is 3. The number of nitrogens with zero attached hydrogens (tertiary/aromatic N) is 2. The number of methoxy groups -OCH3 is 1. The van der Waals surface area contributed by atoms with Crippen LogP contribution in [0.15, 0.2) is 101 Å². The van der Waals surface area contributed by atoms with Gasteiger partial charge in [-0.3, -0.25) is 4.79 Å². The Morgan fingerprint density at radius 3 is 2.10 bits per heavy atom. The lowest BCUT2D eigenvalue weighted by atomic mass is 10.0. The van der Waals surface area contributed by atoms with Crippen LogP contribution >= 0.6 is 0 Å². The predicted molar refractivity (Wildman–Crippen MR) is 113 cm³/mol. The van der Waals surface area contributed by atoms with Gasteiger partial charge in [-0.25, -0.2) is 0 Å². The molecule has 0 aliphatic carbocycles. The Bertz CT molecular complexity index is 1100. The first-order valence-corrected chi connectivity index (χ1v) is 9.09. The van der Waals surface area contributed by atoms with E-state index in [2.05, 4.69) is 10.2 Å². The summed E-state index contributed by atoms with van der Waals surface area (Å²) in [4.78, 5) is 12.3. The molecular formula is C24H18N2O3. The number of carbonyl (C=O) groups is 1. The summed E-state index contributed by atoms with van der Waals surface area (Å²) < 4.78 is 10.9. The van der Waals surface area contributed by atoms with Gasteiger partial charge in [0.25, 0.3) is 5.90 Å². The van der Waals surface area contributed by atoms with Gasteiger partial charge in [-0.05, 0) is 24.3 Å². The summed E-state index contributed by atoms with van der Waals surface area (Å²) in [7, 11) is 1.62. The third-order valence-electron chi connectivity index (χ3n) is 4.39. The van der Waals surface area contributed by atoms with Gasteiger partial charge >= 0.3 is 0 Å². The minimum atomic E-state index is -0.310. The summed E-state index contributed by atoms with van der Waals surface area (Å²) in [5, 5.41) is 8.49. The molecule has 0 radical (unpaired) electrons. The van der Waals surface area contributed by atoms with E-state index in [0.29, 0.717) is 11.5 Å². The number of ketones is 1. The molecule has 0 aromatic heterocycles. The van der Waals surface area contributed by atoms with E-state index in [-0.39, 0.29) is 11.7 Å². The number of hydrogen-bond donors (Lipinski definition) is 0. The molecule has 0 unspecified atom stereocenters. The molecule has 142 valence electrons. The fourth-order valence-corrected chi connectivity index (χ4v) is 2.90. The summed E-state index contributed by atoms with van der Waals surface area (Å²) >= 11 is 0. The molecular weight excluding hydrogens is 364 g/mol. The minimum absolute atomic E-state index is 0.0502. The van der Waals surface area contributed by atoms with E-state index in [1.165, 1.54) is 6.08 Å². The standard InChI is InChI=1S/C24H18N2O3/c1-28-20-14-12-19(13-15-20)23(18-10-6-3-7-11-18)25-26-24-21(27)16-22(29-24)17-8-4-2-5-9-17/h2-16H,1H3. The zero-order valence-corrected chi connectivity index (χ0v) is 15.8. The third-order valence-corrected chi connectivity index (χ3v) is 4.39. The van der Waals surface area contributed by atoms with Crippen molar-refractivity contribution in [1.82, 2.24) is 0 Å². The second kappa shape index (κ2) is 8.35. The summed E-state index contributed by atoms with van der Waals surface area (Å²) in [5.74, 6) is 0.856. The molecule has 0 saturated carbocycles. The smallest absolute Gasteiger partial charge is 0.287 e. The van der Waals surface area contributed by atoms with Crippen molar-refractivity contribution in [2.75, 3.05) is 7.11 Å². The molecule has 1 aliphatic rings. The highest BCUT2D eigenvalue weighted by Gasteiger charge is 2.23. The van der Waals surface area contributed by atoms with Crippen molar-refractivity contribution >= 4 is 23.2 Å². The van der Waals surface area contributed by atoms with Crippen molar-refractivity contribution in [2.45, 2.75) is 0 Å². The summed E-state index contributed by atoms with van der Waals surface area (Å²) in [5.41, 5.74) is 3.17. The zero-order chi connectivity index (χ0) is 20.1. The molecule has 0 spiro atoms. The van der Waals surface area contributed by atoms with Crippen LogP contribution in [0, 0.1) is 0 Å². The molecule has 0 fully saturated rings. The van der Waals surface area contributed by atoms with Crippen LogP contribution in [-0.4, -0.2) is 24.5 Å². The fraction of sp³-hybridized carbons (Fsp3) is 0.0417. The van der Waals surface area contributed by atoms with E-state index < -0.39 is 0 Å². The van der Waals surface area contributed by atoms with Crippen molar-refractivity contribution < 1.29 is 14.3 Å². The monoisotopic (exact) mass is 382 g/mol. The maximum absolute atomic E-state index is 12.3. The Balaban J connectivity index is 1.67. The quantitative estimate of drug-likeness (QED) is 0.483. The lowest BCUT2D eigenvalue weighted by Gasteiger charge is -2.07. The van der Waals surface area contributed by atoms with Crippen LogP contribution in [-0.2, 0) is 9.53 Å².